The molecule has 0 saturated carbocycles. The van der Waals surface area contributed by atoms with Crippen LogP contribution >= 0.6 is 11.6 Å². The fourth-order valence-corrected chi connectivity index (χ4v) is 1.62. The Morgan fingerprint density at radius 1 is 1.47 bits per heavy atom. The molecule has 1 N–H and O–H groups in total. The van der Waals surface area contributed by atoms with Crippen LogP contribution in [0, 0.1) is 5.92 Å². The average Bonchev–Trinajstić information content (AvgIpc) is 2.27. The van der Waals surface area contributed by atoms with Gasteiger partial charge in [-0.3, -0.25) is 0 Å². The van der Waals surface area contributed by atoms with Crippen molar-refractivity contribution in [2.75, 3.05) is 13.2 Å². The normalized spacial score (nSPS) is 10.9. The molecule has 0 aliphatic carbocycles. The first-order chi connectivity index (χ1) is 8.13. The van der Waals surface area contributed by atoms with Crippen LogP contribution in [0.2, 0.25) is 5.02 Å². The largest absolute Gasteiger partial charge is 0.477 e. The van der Waals surface area contributed by atoms with Crippen molar-refractivity contribution in [2.24, 2.45) is 5.92 Å². The topological polar surface area (TPSA) is 34.1 Å². The third kappa shape index (κ3) is 5.37. The van der Waals surface area contributed by atoms with E-state index in [2.05, 4.69) is 31.1 Å². The second-order valence-corrected chi connectivity index (χ2v) is 4.91. The van der Waals surface area contributed by atoms with Gasteiger partial charge in [-0.05, 0) is 30.5 Å². The zero-order valence-electron chi connectivity index (χ0n) is 10.8. The molecule has 0 saturated heterocycles. The highest BCUT2D eigenvalue weighted by Crippen LogP contribution is 2.22. The van der Waals surface area contributed by atoms with Crippen molar-refractivity contribution in [2.45, 2.75) is 33.7 Å². The SMILES string of the molecule is CCCOc1ncc(CNCC(C)C)cc1Cl. The molecule has 0 bridgehead atoms. The number of halogens is 1. The molecule has 0 aromatic carbocycles. The number of ether oxygens (including phenoxy) is 1. The van der Waals surface area contributed by atoms with Crippen molar-refractivity contribution in [1.82, 2.24) is 10.3 Å². The van der Waals surface area contributed by atoms with E-state index in [1.54, 1.807) is 0 Å². The number of pyridine rings is 1. The molecule has 1 aromatic heterocycles. The Bertz CT molecular complexity index is 342. The molecule has 0 radical (unpaired) electrons. The Balaban J connectivity index is 2.50. The lowest BCUT2D eigenvalue weighted by molar-refractivity contribution is 0.305. The van der Waals surface area contributed by atoms with Gasteiger partial charge in [0, 0.05) is 12.7 Å². The van der Waals surface area contributed by atoms with Gasteiger partial charge >= 0.3 is 0 Å². The molecule has 1 heterocycles. The first kappa shape index (κ1) is 14.3. The number of nitrogens with zero attached hydrogens (tertiary/aromatic N) is 1. The van der Waals surface area contributed by atoms with E-state index < -0.39 is 0 Å². The van der Waals surface area contributed by atoms with Crippen molar-refractivity contribution < 1.29 is 4.74 Å². The molecule has 0 spiro atoms. The van der Waals surface area contributed by atoms with Gasteiger partial charge in [0.25, 0.3) is 0 Å². The highest BCUT2D eigenvalue weighted by molar-refractivity contribution is 6.31. The van der Waals surface area contributed by atoms with Gasteiger partial charge in [0.05, 0.1) is 6.61 Å². The number of hydrogen-bond acceptors (Lipinski definition) is 3. The van der Waals surface area contributed by atoms with Crippen molar-refractivity contribution in [1.29, 1.82) is 0 Å². The molecule has 0 aliphatic rings. The lowest BCUT2D eigenvalue weighted by atomic mass is 10.2. The van der Waals surface area contributed by atoms with E-state index in [1.165, 1.54) is 0 Å². The maximum Gasteiger partial charge on any atom is 0.232 e. The Labute approximate surface area is 109 Å². The quantitative estimate of drug-likeness (QED) is 0.813. The smallest absolute Gasteiger partial charge is 0.232 e. The van der Waals surface area contributed by atoms with E-state index in [1.807, 2.05) is 12.3 Å². The lowest BCUT2D eigenvalue weighted by Crippen LogP contribution is -2.19. The van der Waals surface area contributed by atoms with Gasteiger partial charge in [0.1, 0.15) is 5.02 Å². The monoisotopic (exact) mass is 256 g/mol. The van der Waals surface area contributed by atoms with Crippen LogP contribution < -0.4 is 10.1 Å². The van der Waals surface area contributed by atoms with E-state index in [-0.39, 0.29) is 0 Å². The van der Waals surface area contributed by atoms with Gasteiger partial charge < -0.3 is 10.1 Å². The molecule has 4 heteroatoms. The fourth-order valence-electron chi connectivity index (χ4n) is 1.37. The summed E-state index contributed by atoms with van der Waals surface area (Å²) in [6.07, 6.45) is 2.76. The highest BCUT2D eigenvalue weighted by atomic mass is 35.5. The summed E-state index contributed by atoms with van der Waals surface area (Å²) in [4.78, 5) is 4.22. The van der Waals surface area contributed by atoms with E-state index in [4.69, 9.17) is 16.3 Å². The molecule has 1 aromatic rings. The summed E-state index contributed by atoms with van der Waals surface area (Å²) < 4.78 is 5.42. The van der Waals surface area contributed by atoms with Crippen molar-refractivity contribution in [3.8, 4) is 5.88 Å². The van der Waals surface area contributed by atoms with Crippen molar-refractivity contribution in [3.63, 3.8) is 0 Å². The molecule has 1 rings (SSSR count). The number of nitrogens with one attached hydrogen (secondary N) is 1. The molecule has 0 aliphatic heterocycles. The molecule has 0 unspecified atom stereocenters. The molecule has 0 amide bonds. The van der Waals surface area contributed by atoms with Crippen LogP contribution in [0.25, 0.3) is 0 Å². The highest BCUT2D eigenvalue weighted by Gasteiger charge is 2.04. The zero-order valence-corrected chi connectivity index (χ0v) is 11.5. The molecule has 17 heavy (non-hydrogen) atoms. The summed E-state index contributed by atoms with van der Waals surface area (Å²) >= 11 is 6.09. The maximum absolute atomic E-state index is 6.09. The fraction of sp³-hybridized carbons (Fsp3) is 0.615. The zero-order chi connectivity index (χ0) is 12.7. The van der Waals surface area contributed by atoms with Gasteiger partial charge in [-0.15, -0.1) is 0 Å². The molecular weight excluding hydrogens is 236 g/mol. The maximum atomic E-state index is 6.09. The van der Waals surface area contributed by atoms with E-state index in [9.17, 15) is 0 Å². The van der Waals surface area contributed by atoms with Crippen LogP contribution in [0.3, 0.4) is 0 Å². The van der Waals surface area contributed by atoms with Gasteiger partial charge in [-0.1, -0.05) is 32.4 Å². The van der Waals surface area contributed by atoms with Gasteiger partial charge in [0.2, 0.25) is 5.88 Å². The number of hydrogen-bond donors (Lipinski definition) is 1. The predicted octanol–water partition coefficient (Wildman–Crippen LogP) is 3.27. The molecule has 96 valence electrons. The molecular formula is C13H21ClN2O. The lowest BCUT2D eigenvalue weighted by Gasteiger charge is -2.09. The Kier molecular flexibility index (Phi) is 6.30. The van der Waals surface area contributed by atoms with Gasteiger partial charge in [-0.2, -0.15) is 0 Å². The minimum atomic E-state index is 0.529. The number of rotatable bonds is 7. The first-order valence-electron chi connectivity index (χ1n) is 6.11. The summed E-state index contributed by atoms with van der Waals surface area (Å²) in [5.41, 5.74) is 1.08. The standard InChI is InChI=1S/C13H21ClN2O/c1-4-5-17-13-12(14)6-11(9-16-13)8-15-7-10(2)3/h6,9-10,15H,4-5,7-8H2,1-3H3. The molecule has 3 nitrogen and oxygen atoms in total. The van der Waals surface area contributed by atoms with Crippen LogP contribution in [-0.2, 0) is 6.54 Å². The van der Waals surface area contributed by atoms with Gasteiger partial charge in [-0.25, -0.2) is 4.98 Å². The van der Waals surface area contributed by atoms with Crippen molar-refractivity contribution in [3.05, 3.63) is 22.8 Å². The summed E-state index contributed by atoms with van der Waals surface area (Å²) in [7, 11) is 0. The van der Waals surface area contributed by atoms with Gasteiger partial charge in [0.15, 0.2) is 0 Å². The minimum absolute atomic E-state index is 0.529. The second kappa shape index (κ2) is 7.51. The van der Waals surface area contributed by atoms with Crippen LogP contribution in [0.1, 0.15) is 32.8 Å². The summed E-state index contributed by atoms with van der Waals surface area (Å²) in [6.45, 7) is 8.85. The number of aromatic nitrogens is 1. The van der Waals surface area contributed by atoms with E-state index in [0.717, 1.165) is 25.1 Å². The molecule has 0 fully saturated rings. The Morgan fingerprint density at radius 3 is 2.82 bits per heavy atom. The third-order valence-electron chi connectivity index (χ3n) is 2.19. The summed E-state index contributed by atoms with van der Waals surface area (Å²) in [5, 5.41) is 3.94. The Morgan fingerprint density at radius 2 is 2.24 bits per heavy atom. The summed E-state index contributed by atoms with van der Waals surface area (Å²) in [5.74, 6) is 1.17. The summed E-state index contributed by atoms with van der Waals surface area (Å²) in [6, 6.07) is 1.91. The van der Waals surface area contributed by atoms with Crippen LogP contribution in [-0.4, -0.2) is 18.1 Å². The third-order valence-corrected chi connectivity index (χ3v) is 2.46. The van der Waals surface area contributed by atoms with Crippen LogP contribution in [0.15, 0.2) is 12.3 Å². The van der Waals surface area contributed by atoms with E-state index in [0.29, 0.717) is 23.4 Å². The Hall–Kier alpha value is -0.800. The minimum Gasteiger partial charge on any atom is -0.477 e. The molecule has 0 atom stereocenters. The second-order valence-electron chi connectivity index (χ2n) is 4.50. The first-order valence-corrected chi connectivity index (χ1v) is 6.49. The van der Waals surface area contributed by atoms with Crippen LogP contribution in [0.4, 0.5) is 0 Å². The predicted molar refractivity (Wildman–Crippen MR) is 71.6 cm³/mol. The average molecular weight is 257 g/mol. The van der Waals surface area contributed by atoms with Crippen LogP contribution in [0.5, 0.6) is 5.88 Å². The van der Waals surface area contributed by atoms with E-state index >= 15 is 0 Å². The van der Waals surface area contributed by atoms with Crippen molar-refractivity contribution >= 4 is 11.6 Å².